The van der Waals surface area contributed by atoms with Gasteiger partial charge in [0, 0.05) is 17.9 Å². The average molecular weight is 180 g/mol. The van der Waals surface area contributed by atoms with E-state index in [0.717, 1.165) is 17.8 Å². The van der Waals surface area contributed by atoms with Gasteiger partial charge < -0.3 is 4.79 Å². The molecule has 0 unspecified atom stereocenters. The van der Waals surface area contributed by atoms with Crippen molar-refractivity contribution in [1.82, 2.24) is 0 Å². The van der Waals surface area contributed by atoms with Crippen LogP contribution in [0.15, 0.2) is 30.3 Å². The van der Waals surface area contributed by atoms with Gasteiger partial charge in [0.05, 0.1) is 0 Å². The summed E-state index contributed by atoms with van der Waals surface area (Å²) in [7, 11) is 0. The van der Waals surface area contributed by atoms with E-state index in [4.69, 9.17) is 0 Å². The highest BCUT2D eigenvalue weighted by atomic mass is 32.2. The molecule has 0 bridgehead atoms. The van der Waals surface area contributed by atoms with Gasteiger partial charge in [0.15, 0.2) is 0 Å². The van der Waals surface area contributed by atoms with Crippen LogP contribution in [-0.4, -0.2) is 12.0 Å². The molecule has 0 spiro atoms. The number of carbonyl (C=O) groups is 1. The fourth-order valence-corrected chi connectivity index (χ4v) is 1.73. The second-order valence-corrected chi connectivity index (χ2v) is 3.60. The lowest BCUT2D eigenvalue weighted by atomic mass is 10.2. The molecule has 1 rings (SSSR count). The van der Waals surface area contributed by atoms with Crippen LogP contribution in [-0.2, 0) is 10.5 Å². The molecule has 1 aromatic rings. The van der Waals surface area contributed by atoms with Crippen molar-refractivity contribution in [1.29, 1.82) is 0 Å². The predicted octanol–water partition coefficient (Wildman–Crippen LogP) is 2.51. The van der Waals surface area contributed by atoms with Crippen molar-refractivity contribution >= 4 is 18.0 Å². The summed E-state index contributed by atoms with van der Waals surface area (Å²) in [6, 6.07) is 10.3. The molecule has 0 radical (unpaired) electrons. The Labute approximate surface area is 77.2 Å². The molecule has 64 valence electrons. The van der Waals surface area contributed by atoms with E-state index in [1.165, 1.54) is 5.56 Å². The summed E-state index contributed by atoms with van der Waals surface area (Å²) in [5.41, 5.74) is 1.33. The molecule has 0 N–H and O–H groups in total. The molecule has 1 nitrogen and oxygen atoms in total. The van der Waals surface area contributed by atoms with Gasteiger partial charge in [-0.2, -0.15) is 11.8 Å². The monoisotopic (exact) mass is 180 g/mol. The lowest BCUT2D eigenvalue weighted by Gasteiger charge is -1.98. The minimum atomic E-state index is 0.664. The van der Waals surface area contributed by atoms with Gasteiger partial charge >= 0.3 is 0 Å². The van der Waals surface area contributed by atoms with E-state index < -0.39 is 0 Å². The molecule has 0 aliphatic rings. The maximum atomic E-state index is 10.0. The fraction of sp³-hybridized carbons (Fsp3) is 0.300. The smallest absolute Gasteiger partial charge is 0.120 e. The zero-order valence-corrected chi connectivity index (χ0v) is 7.72. The molecule has 0 saturated carbocycles. The van der Waals surface area contributed by atoms with Crippen molar-refractivity contribution in [2.75, 3.05) is 5.75 Å². The largest absolute Gasteiger partial charge is 0.303 e. The molecule has 0 heterocycles. The summed E-state index contributed by atoms with van der Waals surface area (Å²) in [5, 5.41) is 0. The van der Waals surface area contributed by atoms with Crippen molar-refractivity contribution < 1.29 is 4.79 Å². The van der Waals surface area contributed by atoms with E-state index in [1.807, 2.05) is 18.2 Å². The summed E-state index contributed by atoms with van der Waals surface area (Å²) < 4.78 is 0. The van der Waals surface area contributed by atoms with Crippen LogP contribution in [0.2, 0.25) is 0 Å². The maximum absolute atomic E-state index is 10.0. The first-order valence-corrected chi connectivity index (χ1v) is 5.14. The Hall–Kier alpha value is -0.760. The highest BCUT2D eigenvalue weighted by Crippen LogP contribution is 2.11. The zero-order valence-electron chi connectivity index (χ0n) is 6.90. The molecule has 0 atom stereocenters. The predicted molar refractivity (Wildman–Crippen MR) is 53.3 cm³/mol. The van der Waals surface area contributed by atoms with Gasteiger partial charge in [-0.1, -0.05) is 30.3 Å². The molecule has 0 aliphatic carbocycles. The molecular formula is C10H12OS. The number of hydrogen-bond donors (Lipinski definition) is 0. The molecule has 0 aliphatic heterocycles. The van der Waals surface area contributed by atoms with E-state index >= 15 is 0 Å². The third-order valence-electron chi connectivity index (χ3n) is 1.49. The topological polar surface area (TPSA) is 17.1 Å². The van der Waals surface area contributed by atoms with Crippen molar-refractivity contribution in [3.8, 4) is 0 Å². The number of hydrogen-bond acceptors (Lipinski definition) is 2. The van der Waals surface area contributed by atoms with Crippen LogP contribution in [0.1, 0.15) is 12.0 Å². The Morgan fingerprint density at radius 1 is 1.25 bits per heavy atom. The van der Waals surface area contributed by atoms with Gasteiger partial charge in [-0.05, 0) is 5.56 Å². The Bertz CT molecular complexity index is 221. The van der Waals surface area contributed by atoms with Crippen LogP contribution in [0.5, 0.6) is 0 Å². The minimum Gasteiger partial charge on any atom is -0.303 e. The van der Waals surface area contributed by atoms with E-state index in [9.17, 15) is 4.79 Å². The van der Waals surface area contributed by atoms with Gasteiger partial charge in [0.1, 0.15) is 6.29 Å². The lowest BCUT2D eigenvalue weighted by Crippen LogP contribution is -1.83. The quantitative estimate of drug-likeness (QED) is 0.511. The normalized spacial score (nSPS) is 9.67. The van der Waals surface area contributed by atoms with Gasteiger partial charge in [-0.3, -0.25) is 0 Å². The SMILES string of the molecule is O=CCCSCc1ccccc1. The van der Waals surface area contributed by atoms with Gasteiger partial charge in [-0.25, -0.2) is 0 Å². The Balaban J connectivity index is 2.20. The van der Waals surface area contributed by atoms with Crippen molar-refractivity contribution in [3.05, 3.63) is 35.9 Å². The van der Waals surface area contributed by atoms with E-state index in [2.05, 4.69) is 12.1 Å². The lowest BCUT2D eigenvalue weighted by molar-refractivity contribution is -0.107. The zero-order chi connectivity index (χ0) is 8.65. The second-order valence-electron chi connectivity index (χ2n) is 2.49. The number of rotatable bonds is 5. The first kappa shape index (κ1) is 9.33. The molecular weight excluding hydrogens is 168 g/mol. The Morgan fingerprint density at radius 3 is 2.67 bits per heavy atom. The first-order valence-electron chi connectivity index (χ1n) is 3.99. The molecule has 2 heteroatoms. The number of aldehydes is 1. The van der Waals surface area contributed by atoms with Crippen LogP contribution in [0.3, 0.4) is 0 Å². The van der Waals surface area contributed by atoms with E-state index in [1.54, 1.807) is 11.8 Å². The number of carbonyl (C=O) groups excluding carboxylic acids is 1. The second kappa shape index (κ2) is 5.84. The summed E-state index contributed by atoms with van der Waals surface area (Å²) in [4.78, 5) is 10.0. The minimum absolute atomic E-state index is 0.664. The summed E-state index contributed by atoms with van der Waals surface area (Å²) >= 11 is 1.80. The third kappa shape index (κ3) is 3.58. The van der Waals surface area contributed by atoms with E-state index in [0.29, 0.717) is 6.42 Å². The molecule has 0 saturated heterocycles. The highest BCUT2D eigenvalue weighted by Gasteiger charge is 1.90. The highest BCUT2D eigenvalue weighted by molar-refractivity contribution is 7.98. The molecule has 12 heavy (non-hydrogen) atoms. The summed E-state index contributed by atoms with van der Waals surface area (Å²) in [6.45, 7) is 0. The van der Waals surface area contributed by atoms with Crippen LogP contribution < -0.4 is 0 Å². The van der Waals surface area contributed by atoms with Crippen LogP contribution >= 0.6 is 11.8 Å². The van der Waals surface area contributed by atoms with Gasteiger partial charge in [-0.15, -0.1) is 0 Å². The molecule has 0 aromatic heterocycles. The summed E-state index contributed by atoms with van der Waals surface area (Å²) in [6.07, 6.45) is 1.63. The fourth-order valence-electron chi connectivity index (χ4n) is 0.896. The first-order chi connectivity index (χ1) is 5.93. The van der Waals surface area contributed by atoms with Crippen molar-refractivity contribution in [2.45, 2.75) is 12.2 Å². The molecule has 0 fully saturated rings. The molecule has 0 amide bonds. The van der Waals surface area contributed by atoms with Crippen LogP contribution in [0.25, 0.3) is 0 Å². The van der Waals surface area contributed by atoms with Crippen LogP contribution in [0.4, 0.5) is 0 Å². The Kier molecular flexibility index (Phi) is 4.54. The third-order valence-corrected chi connectivity index (χ3v) is 2.55. The average Bonchev–Trinajstić information content (AvgIpc) is 2.14. The van der Waals surface area contributed by atoms with Gasteiger partial charge in [0.2, 0.25) is 0 Å². The number of thioether (sulfide) groups is 1. The van der Waals surface area contributed by atoms with E-state index in [-0.39, 0.29) is 0 Å². The Morgan fingerprint density at radius 2 is 2.00 bits per heavy atom. The molecule has 1 aromatic carbocycles. The van der Waals surface area contributed by atoms with Crippen LogP contribution in [0, 0.1) is 0 Å². The summed E-state index contributed by atoms with van der Waals surface area (Å²) in [5.74, 6) is 1.94. The maximum Gasteiger partial charge on any atom is 0.120 e. The van der Waals surface area contributed by atoms with Crippen molar-refractivity contribution in [2.24, 2.45) is 0 Å². The number of benzene rings is 1. The van der Waals surface area contributed by atoms with Gasteiger partial charge in [0.25, 0.3) is 0 Å². The van der Waals surface area contributed by atoms with Crippen molar-refractivity contribution in [3.63, 3.8) is 0 Å². The standard InChI is InChI=1S/C10H12OS/c11-7-4-8-12-9-10-5-2-1-3-6-10/h1-3,5-7H,4,8-9H2.